The van der Waals surface area contributed by atoms with Crippen molar-refractivity contribution >= 4 is 9.84 Å². The molecule has 0 N–H and O–H groups in total. The lowest BCUT2D eigenvalue weighted by atomic mass is 10.2. The average Bonchev–Trinajstić information content (AvgIpc) is 2.29. The normalized spacial score (nSPS) is 12.1. The van der Waals surface area contributed by atoms with Crippen molar-refractivity contribution in [3.63, 3.8) is 0 Å². The molecule has 0 aliphatic rings. The summed E-state index contributed by atoms with van der Waals surface area (Å²) in [5.74, 6) is 0.195. The summed E-state index contributed by atoms with van der Waals surface area (Å²) in [6.07, 6.45) is 0. The van der Waals surface area contributed by atoms with Gasteiger partial charge in [-0.2, -0.15) is 0 Å². The van der Waals surface area contributed by atoms with Crippen LogP contribution in [0.1, 0.15) is 25.0 Å². The highest BCUT2D eigenvalue weighted by molar-refractivity contribution is 7.91. The number of sulfone groups is 1. The van der Waals surface area contributed by atoms with E-state index in [-0.39, 0.29) is 5.75 Å². The number of hydrogen-bond donors (Lipinski definition) is 0. The van der Waals surface area contributed by atoms with Crippen LogP contribution < -0.4 is 0 Å². The lowest BCUT2D eigenvalue weighted by molar-refractivity contribution is 0.321. The van der Waals surface area contributed by atoms with Crippen molar-refractivity contribution in [2.45, 2.75) is 32.6 Å². The third-order valence-electron chi connectivity index (χ3n) is 3.29. The van der Waals surface area contributed by atoms with E-state index in [9.17, 15) is 8.42 Å². The average molecular weight is 269 g/mol. The predicted molar refractivity (Wildman–Crippen MR) is 75.8 cm³/mol. The summed E-state index contributed by atoms with van der Waals surface area (Å²) in [6.45, 7) is 10.2. The summed E-state index contributed by atoms with van der Waals surface area (Å²) >= 11 is 0. The Morgan fingerprint density at radius 2 is 1.56 bits per heavy atom. The maximum absolute atomic E-state index is 12.4. The molecule has 1 aromatic carbocycles. The first-order valence-electron chi connectivity index (χ1n) is 6.43. The lowest BCUT2D eigenvalue weighted by Crippen LogP contribution is -2.29. The monoisotopic (exact) mass is 269 g/mol. The molecule has 0 unspecified atom stereocenters. The van der Waals surface area contributed by atoms with E-state index in [0.717, 1.165) is 24.2 Å². The molecule has 0 saturated heterocycles. The van der Waals surface area contributed by atoms with Gasteiger partial charge in [-0.25, -0.2) is 8.42 Å². The van der Waals surface area contributed by atoms with Gasteiger partial charge in [0.25, 0.3) is 0 Å². The molecule has 0 saturated carbocycles. The number of benzene rings is 1. The molecule has 0 fully saturated rings. The van der Waals surface area contributed by atoms with Crippen LogP contribution in [0.3, 0.4) is 0 Å². The van der Waals surface area contributed by atoms with E-state index in [4.69, 9.17) is 0 Å². The standard InChI is InChI=1S/C14H23NO2S/c1-5-15(6-2)10-11-18(16,17)14-12(3)8-7-9-13(14)4/h7-9H,5-6,10-11H2,1-4H3. The van der Waals surface area contributed by atoms with E-state index in [1.165, 1.54) is 0 Å². The molecule has 0 bridgehead atoms. The fourth-order valence-electron chi connectivity index (χ4n) is 2.18. The molecule has 0 aromatic heterocycles. The van der Waals surface area contributed by atoms with Gasteiger partial charge in [-0.05, 0) is 38.1 Å². The third-order valence-corrected chi connectivity index (χ3v) is 5.28. The van der Waals surface area contributed by atoms with Crippen molar-refractivity contribution < 1.29 is 8.42 Å². The van der Waals surface area contributed by atoms with Crippen LogP contribution in [0.5, 0.6) is 0 Å². The fraction of sp³-hybridized carbons (Fsp3) is 0.571. The Labute approximate surface area is 111 Å². The Kier molecular flexibility index (Phi) is 5.35. The van der Waals surface area contributed by atoms with Crippen LogP contribution in [0.2, 0.25) is 0 Å². The van der Waals surface area contributed by atoms with Gasteiger partial charge in [0.1, 0.15) is 0 Å². The molecule has 1 rings (SSSR count). The maximum Gasteiger partial charge on any atom is 0.180 e. The highest BCUT2D eigenvalue weighted by Crippen LogP contribution is 2.20. The van der Waals surface area contributed by atoms with Gasteiger partial charge in [-0.15, -0.1) is 0 Å². The van der Waals surface area contributed by atoms with Gasteiger partial charge in [-0.3, -0.25) is 0 Å². The summed E-state index contributed by atoms with van der Waals surface area (Å²) in [4.78, 5) is 2.64. The third kappa shape index (κ3) is 3.56. The van der Waals surface area contributed by atoms with E-state index in [2.05, 4.69) is 18.7 Å². The van der Waals surface area contributed by atoms with E-state index >= 15 is 0 Å². The molecule has 4 heteroatoms. The summed E-state index contributed by atoms with van der Waals surface area (Å²) in [6, 6.07) is 5.61. The number of hydrogen-bond acceptors (Lipinski definition) is 3. The second-order valence-electron chi connectivity index (χ2n) is 4.57. The van der Waals surface area contributed by atoms with Gasteiger partial charge >= 0.3 is 0 Å². The molecule has 1 aromatic rings. The SMILES string of the molecule is CCN(CC)CCS(=O)(=O)c1c(C)cccc1C. The van der Waals surface area contributed by atoms with Crippen molar-refractivity contribution in [1.29, 1.82) is 0 Å². The first kappa shape index (κ1) is 15.2. The Morgan fingerprint density at radius 3 is 2.00 bits per heavy atom. The Hall–Kier alpha value is -0.870. The maximum atomic E-state index is 12.4. The van der Waals surface area contributed by atoms with Crippen LogP contribution in [0.25, 0.3) is 0 Å². The quantitative estimate of drug-likeness (QED) is 0.796. The van der Waals surface area contributed by atoms with Crippen molar-refractivity contribution in [3.05, 3.63) is 29.3 Å². The second-order valence-corrected chi connectivity index (χ2v) is 6.61. The Morgan fingerprint density at radius 1 is 1.06 bits per heavy atom. The summed E-state index contributed by atoms with van der Waals surface area (Å²) in [5.41, 5.74) is 1.68. The topological polar surface area (TPSA) is 37.4 Å². The van der Waals surface area contributed by atoms with E-state index in [0.29, 0.717) is 11.4 Å². The number of nitrogens with zero attached hydrogens (tertiary/aromatic N) is 1. The van der Waals surface area contributed by atoms with Crippen molar-refractivity contribution in [1.82, 2.24) is 4.90 Å². The van der Waals surface area contributed by atoms with Crippen molar-refractivity contribution in [2.75, 3.05) is 25.4 Å². The molecule has 0 atom stereocenters. The van der Waals surface area contributed by atoms with Gasteiger partial charge < -0.3 is 4.90 Å². The summed E-state index contributed by atoms with van der Waals surface area (Å²) in [7, 11) is -3.18. The van der Waals surface area contributed by atoms with Crippen molar-refractivity contribution in [2.24, 2.45) is 0 Å². The van der Waals surface area contributed by atoms with Gasteiger partial charge in [0.15, 0.2) is 9.84 Å². The molecule has 102 valence electrons. The molecule has 0 aliphatic heterocycles. The van der Waals surface area contributed by atoms with E-state index in [1.807, 2.05) is 32.0 Å². The molecule has 0 radical (unpaired) electrons. The Bertz CT molecular complexity index is 470. The lowest BCUT2D eigenvalue weighted by Gasteiger charge is -2.18. The second kappa shape index (κ2) is 6.34. The zero-order valence-electron chi connectivity index (χ0n) is 11.7. The molecule has 18 heavy (non-hydrogen) atoms. The molecular weight excluding hydrogens is 246 g/mol. The number of rotatable bonds is 6. The zero-order chi connectivity index (χ0) is 13.8. The Balaban J connectivity index is 2.94. The smallest absolute Gasteiger partial charge is 0.180 e. The number of aryl methyl sites for hydroxylation is 2. The van der Waals surface area contributed by atoms with Crippen LogP contribution >= 0.6 is 0 Å². The van der Waals surface area contributed by atoms with Crippen LogP contribution in [0.15, 0.2) is 23.1 Å². The largest absolute Gasteiger partial charge is 0.303 e. The highest BCUT2D eigenvalue weighted by atomic mass is 32.2. The zero-order valence-corrected chi connectivity index (χ0v) is 12.5. The van der Waals surface area contributed by atoms with Gasteiger partial charge in [0.2, 0.25) is 0 Å². The van der Waals surface area contributed by atoms with Crippen LogP contribution in [-0.2, 0) is 9.84 Å². The minimum absolute atomic E-state index is 0.195. The summed E-state index contributed by atoms with van der Waals surface area (Å²) < 4.78 is 24.8. The van der Waals surface area contributed by atoms with Crippen LogP contribution in [0.4, 0.5) is 0 Å². The minimum Gasteiger partial charge on any atom is -0.303 e. The van der Waals surface area contributed by atoms with Gasteiger partial charge in [-0.1, -0.05) is 32.0 Å². The molecule has 0 amide bonds. The first-order chi connectivity index (χ1) is 8.42. The molecule has 3 nitrogen and oxygen atoms in total. The molecule has 0 aliphatic carbocycles. The fourth-order valence-corrected chi connectivity index (χ4v) is 4.00. The van der Waals surface area contributed by atoms with E-state index < -0.39 is 9.84 Å². The van der Waals surface area contributed by atoms with Crippen LogP contribution in [-0.4, -0.2) is 38.7 Å². The van der Waals surface area contributed by atoms with Gasteiger partial charge in [0.05, 0.1) is 10.6 Å². The molecule has 0 heterocycles. The molecule has 0 spiro atoms. The molecular formula is C14H23NO2S. The van der Waals surface area contributed by atoms with Crippen LogP contribution in [0, 0.1) is 13.8 Å². The van der Waals surface area contributed by atoms with E-state index in [1.54, 1.807) is 0 Å². The first-order valence-corrected chi connectivity index (χ1v) is 8.09. The summed E-state index contributed by atoms with van der Waals surface area (Å²) in [5, 5.41) is 0. The highest BCUT2D eigenvalue weighted by Gasteiger charge is 2.19. The van der Waals surface area contributed by atoms with Gasteiger partial charge in [0, 0.05) is 6.54 Å². The van der Waals surface area contributed by atoms with Crippen molar-refractivity contribution in [3.8, 4) is 0 Å². The minimum atomic E-state index is -3.18. The predicted octanol–water partition coefficient (Wildman–Crippen LogP) is 2.42.